The number of hydrogen-bond donors (Lipinski definition) is 2. The number of pyridine rings is 1. The highest BCUT2D eigenvalue weighted by molar-refractivity contribution is 5.87. The molecule has 2 rings (SSSR count). The summed E-state index contributed by atoms with van der Waals surface area (Å²) in [5, 5.41) is 3.07. The predicted octanol–water partition coefficient (Wildman–Crippen LogP) is -0.700. The number of hydrogen-bond acceptors (Lipinski definition) is 4. The number of nitrogens with two attached hydrogens (primary N) is 1. The molecule has 2 heterocycles. The number of carbonyl (C=O) groups is 2. The molecule has 1 aliphatic rings. The van der Waals surface area contributed by atoms with Crippen molar-refractivity contribution in [3.63, 3.8) is 0 Å². The maximum Gasteiger partial charge on any atom is 0.241 e. The monoisotopic (exact) mass is 262 g/mol. The van der Waals surface area contributed by atoms with Crippen LogP contribution in [0.25, 0.3) is 0 Å². The van der Waals surface area contributed by atoms with Crippen LogP contribution in [-0.2, 0) is 16.0 Å². The summed E-state index contributed by atoms with van der Waals surface area (Å²) in [6.45, 7) is 1.67. The molecule has 2 amide bonds. The maximum absolute atomic E-state index is 12.2. The van der Waals surface area contributed by atoms with Crippen molar-refractivity contribution in [3.05, 3.63) is 30.1 Å². The molecule has 0 bridgehead atoms. The number of piperazine rings is 1. The largest absolute Gasteiger partial charge is 0.368 e. The minimum absolute atomic E-state index is 0.0258. The van der Waals surface area contributed by atoms with Crippen molar-refractivity contribution in [2.24, 2.45) is 5.73 Å². The van der Waals surface area contributed by atoms with Crippen molar-refractivity contribution < 1.29 is 9.59 Å². The van der Waals surface area contributed by atoms with Crippen LogP contribution in [0.15, 0.2) is 24.5 Å². The van der Waals surface area contributed by atoms with E-state index < -0.39 is 11.9 Å². The van der Waals surface area contributed by atoms with Gasteiger partial charge in [0.25, 0.3) is 0 Å². The molecule has 0 aromatic carbocycles. The third-order valence-corrected chi connectivity index (χ3v) is 3.27. The van der Waals surface area contributed by atoms with E-state index in [0.29, 0.717) is 32.5 Å². The summed E-state index contributed by atoms with van der Waals surface area (Å²) >= 11 is 0. The normalized spacial score (nSPS) is 19.2. The predicted molar refractivity (Wildman–Crippen MR) is 70.1 cm³/mol. The van der Waals surface area contributed by atoms with Crippen LogP contribution in [0.4, 0.5) is 0 Å². The molecule has 0 aliphatic carbocycles. The van der Waals surface area contributed by atoms with Crippen LogP contribution in [-0.4, -0.2) is 47.4 Å². The van der Waals surface area contributed by atoms with Crippen LogP contribution in [0.5, 0.6) is 0 Å². The van der Waals surface area contributed by atoms with Gasteiger partial charge < -0.3 is 16.0 Å². The van der Waals surface area contributed by atoms with Crippen LogP contribution in [0.1, 0.15) is 12.0 Å². The first-order valence-corrected chi connectivity index (χ1v) is 6.37. The molecule has 3 N–H and O–H groups in total. The molecule has 0 saturated carbocycles. The van der Waals surface area contributed by atoms with Gasteiger partial charge in [-0.05, 0) is 24.1 Å². The first kappa shape index (κ1) is 13.5. The van der Waals surface area contributed by atoms with Gasteiger partial charge in [-0.15, -0.1) is 0 Å². The lowest BCUT2D eigenvalue weighted by atomic mass is 10.1. The number of rotatable bonds is 4. The van der Waals surface area contributed by atoms with Gasteiger partial charge in [-0.1, -0.05) is 0 Å². The van der Waals surface area contributed by atoms with Crippen molar-refractivity contribution in [3.8, 4) is 0 Å². The second kappa shape index (κ2) is 6.29. The van der Waals surface area contributed by atoms with Gasteiger partial charge in [0, 0.05) is 38.4 Å². The highest BCUT2D eigenvalue weighted by Gasteiger charge is 2.29. The second-order valence-electron chi connectivity index (χ2n) is 4.56. The standard InChI is InChI=1S/C13H18N4O2/c14-13(19)11-9-16-7-8-17(11)12(18)2-1-10-3-5-15-6-4-10/h3-6,11,16H,1-2,7-9H2,(H2,14,19). The Hall–Kier alpha value is -1.95. The topological polar surface area (TPSA) is 88.3 Å². The summed E-state index contributed by atoms with van der Waals surface area (Å²) in [4.78, 5) is 29.0. The summed E-state index contributed by atoms with van der Waals surface area (Å²) in [7, 11) is 0. The van der Waals surface area contributed by atoms with Crippen LogP contribution in [0.3, 0.4) is 0 Å². The fourth-order valence-electron chi connectivity index (χ4n) is 2.20. The first-order valence-electron chi connectivity index (χ1n) is 6.37. The zero-order valence-electron chi connectivity index (χ0n) is 10.7. The summed E-state index contributed by atoms with van der Waals surface area (Å²) in [6, 6.07) is 3.24. The van der Waals surface area contributed by atoms with Gasteiger partial charge in [-0.25, -0.2) is 0 Å². The molecule has 1 aromatic rings. The Morgan fingerprint density at radius 2 is 2.16 bits per heavy atom. The van der Waals surface area contributed by atoms with Crippen molar-refractivity contribution in [1.29, 1.82) is 0 Å². The molecule has 1 saturated heterocycles. The third-order valence-electron chi connectivity index (χ3n) is 3.27. The first-order chi connectivity index (χ1) is 9.18. The van der Waals surface area contributed by atoms with Crippen molar-refractivity contribution in [1.82, 2.24) is 15.2 Å². The van der Waals surface area contributed by atoms with E-state index in [1.165, 1.54) is 0 Å². The number of aromatic nitrogens is 1. The number of nitrogens with one attached hydrogen (secondary N) is 1. The molecule has 1 unspecified atom stereocenters. The fourth-order valence-corrected chi connectivity index (χ4v) is 2.20. The number of nitrogens with zero attached hydrogens (tertiary/aromatic N) is 2. The minimum atomic E-state index is -0.529. The quantitative estimate of drug-likeness (QED) is 0.751. The minimum Gasteiger partial charge on any atom is -0.368 e. The van der Waals surface area contributed by atoms with Gasteiger partial charge in [0.05, 0.1) is 0 Å². The van der Waals surface area contributed by atoms with E-state index in [4.69, 9.17) is 5.73 Å². The van der Waals surface area contributed by atoms with Crippen molar-refractivity contribution in [2.75, 3.05) is 19.6 Å². The summed E-state index contributed by atoms with van der Waals surface area (Å²) in [5.74, 6) is -0.480. The van der Waals surface area contributed by atoms with E-state index in [9.17, 15) is 9.59 Å². The molecule has 0 radical (unpaired) electrons. The van der Waals surface area contributed by atoms with E-state index in [1.54, 1.807) is 17.3 Å². The molecule has 102 valence electrons. The Morgan fingerprint density at radius 1 is 1.42 bits per heavy atom. The number of amides is 2. The Balaban J connectivity index is 1.93. The SMILES string of the molecule is NC(=O)C1CNCCN1C(=O)CCc1ccncc1. The number of carbonyl (C=O) groups excluding carboxylic acids is 2. The molecule has 1 aromatic heterocycles. The van der Waals surface area contributed by atoms with Gasteiger partial charge in [-0.3, -0.25) is 14.6 Å². The Labute approximate surface area is 112 Å². The smallest absolute Gasteiger partial charge is 0.241 e. The van der Waals surface area contributed by atoms with E-state index in [1.807, 2.05) is 12.1 Å². The third kappa shape index (κ3) is 3.51. The lowest BCUT2D eigenvalue weighted by Gasteiger charge is -2.34. The maximum atomic E-state index is 12.2. The lowest BCUT2D eigenvalue weighted by Crippen LogP contribution is -2.58. The molecule has 6 heteroatoms. The summed E-state index contributed by atoms with van der Waals surface area (Å²) in [6.07, 6.45) is 4.44. The molecule has 0 spiro atoms. The average molecular weight is 262 g/mol. The zero-order chi connectivity index (χ0) is 13.7. The van der Waals surface area contributed by atoms with E-state index in [2.05, 4.69) is 10.3 Å². The van der Waals surface area contributed by atoms with Crippen molar-refractivity contribution in [2.45, 2.75) is 18.9 Å². The van der Waals surface area contributed by atoms with Gasteiger partial charge in [0.2, 0.25) is 11.8 Å². The van der Waals surface area contributed by atoms with Crippen LogP contribution in [0, 0.1) is 0 Å². The van der Waals surface area contributed by atoms with Crippen LogP contribution >= 0.6 is 0 Å². The Kier molecular flexibility index (Phi) is 4.46. The molecule has 6 nitrogen and oxygen atoms in total. The van der Waals surface area contributed by atoms with Crippen LogP contribution in [0.2, 0.25) is 0 Å². The lowest BCUT2D eigenvalue weighted by molar-refractivity contribution is -0.140. The Morgan fingerprint density at radius 3 is 2.84 bits per heavy atom. The fraction of sp³-hybridized carbons (Fsp3) is 0.462. The molecular formula is C13H18N4O2. The molecule has 1 aliphatic heterocycles. The van der Waals surface area contributed by atoms with E-state index in [-0.39, 0.29) is 5.91 Å². The second-order valence-corrected chi connectivity index (χ2v) is 4.56. The zero-order valence-corrected chi connectivity index (χ0v) is 10.7. The average Bonchev–Trinajstić information content (AvgIpc) is 2.46. The molecular weight excluding hydrogens is 244 g/mol. The molecule has 1 atom stereocenters. The van der Waals surface area contributed by atoms with Gasteiger partial charge >= 0.3 is 0 Å². The van der Waals surface area contributed by atoms with Crippen molar-refractivity contribution >= 4 is 11.8 Å². The van der Waals surface area contributed by atoms with Crippen LogP contribution < -0.4 is 11.1 Å². The van der Waals surface area contributed by atoms with Gasteiger partial charge in [-0.2, -0.15) is 0 Å². The number of primary amides is 1. The highest BCUT2D eigenvalue weighted by Crippen LogP contribution is 2.08. The van der Waals surface area contributed by atoms with Gasteiger partial charge in [0.15, 0.2) is 0 Å². The highest BCUT2D eigenvalue weighted by atomic mass is 16.2. The summed E-state index contributed by atoms with van der Waals surface area (Å²) < 4.78 is 0. The van der Waals surface area contributed by atoms with Gasteiger partial charge in [0.1, 0.15) is 6.04 Å². The number of aryl methyl sites for hydroxylation is 1. The molecule has 1 fully saturated rings. The Bertz CT molecular complexity index is 449. The summed E-state index contributed by atoms with van der Waals surface area (Å²) in [5.41, 5.74) is 6.39. The molecule has 19 heavy (non-hydrogen) atoms. The van der Waals surface area contributed by atoms with E-state index in [0.717, 1.165) is 5.56 Å². The van der Waals surface area contributed by atoms with E-state index >= 15 is 0 Å².